The van der Waals surface area contributed by atoms with E-state index in [2.05, 4.69) is 74.3 Å². The Morgan fingerprint density at radius 3 is 0.933 bits per heavy atom. The summed E-state index contributed by atoms with van der Waals surface area (Å²) in [7, 11) is 0. The van der Waals surface area contributed by atoms with Gasteiger partial charge in [-0.3, -0.25) is 0 Å². The molecule has 0 atom stereocenters. The fourth-order valence-electron chi connectivity index (χ4n) is 0.277. The lowest BCUT2D eigenvalue weighted by Gasteiger charge is -2.30. The minimum Gasteiger partial charge on any atom is -0.248 e. The second kappa shape index (κ2) is 4.59. The topological polar surface area (TPSA) is 9.23 Å². The van der Waals surface area contributed by atoms with Crippen molar-refractivity contribution in [2.24, 2.45) is 0 Å². The Bertz CT molecular complexity index is 208. The van der Waals surface area contributed by atoms with Crippen LogP contribution in [-0.2, 0) is 4.74 Å². The van der Waals surface area contributed by atoms with Gasteiger partial charge in [0.2, 0.25) is 0 Å². The van der Waals surface area contributed by atoms with E-state index < -0.39 is 19.8 Å². The third kappa shape index (κ3) is 4.30. The molecule has 0 saturated carbocycles. The Morgan fingerprint density at radius 2 is 0.800 bits per heavy atom. The van der Waals surface area contributed by atoms with Crippen molar-refractivity contribution >= 4 is 69.6 Å². The van der Waals surface area contributed by atoms with E-state index in [0.717, 1.165) is 0 Å². The first-order chi connectivity index (χ1) is 6.21. The van der Waals surface area contributed by atoms with Crippen molar-refractivity contribution in [1.82, 2.24) is 0 Å². The van der Waals surface area contributed by atoms with Crippen LogP contribution in [0.2, 0.25) is 0 Å². The zero-order valence-electron chi connectivity index (χ0n) is 6.19. The van der Waals surface area contributed by atoms with Gasteiger partial charge >= 0.3 is 12.2 Å². The summed E-state index contributed by atoms with van der Waals surface area (Å²) in [6, 6.07) is 0. The third-order valence-electron chi connectivity index (χ3n) is 0.916. The molecule has 0 aliphatic carbocycles. The van der Waals surface area contributed by atoms with Crippen LogP contribution in [0, 0.1) is 0 Å². The lowest BCUT2D eigenvalue weighted by molar-refractivity contribution is -0.371. The summed E-state index contributed by atoms with van der Waals surface area (Å²) in [6.45, 7) is 0. The van der Waals surface area contributed by atoms with Crippen LogP contribution in [0.1, 0.15) is 0 Å². The van der Waals surface area contributed by atoms with Crippen molar-refractivity contribution in [2.75, 3.05) is 0 Å². The number of rotatable bonds is 2. The van der Waals surface area contributed by atoms with Gasteiger partial charge < -0.3 is 0 Å². The number of halogens is 10. The highest BCUT2D eigenvalue weighted by Gasteiger charge is 2.64. The molecule has 11 heteroatoms. The molecule has 0 amide bonds. The zero-order valence-corrected chi connectivity index (χ0v) is 10.7. The second-order valence-electron chi connectivity index (χ2n) is 2.13. The summed E-state index contributed by atoms with van der Waals surface area (Å²) >= 11 is 28.0. The SMILES string of the molecule is FC(F)(OC(F)(F)C(Cl)(Cl)Cl)C(Cl)(Cl)Cl. The van der Waals surface area contributed by atoms with Gasteiger partial charge in [0, 0.05) is 0 Å². The predicted octanol–water partition coefficient (Wildman–Crippen LogP) is 4.93. The molecule has 0 bridgehead atoms. The van der Waals surface area contributed by atoms with E-state index in [0.29, 0.717) is 0 Å². The van der Waals surface area contributed by atoms with Gasteiger partial charge in [0.15, 0.2) is 0 Å². The van der Waals surface area contributed by atoms with E-state index in [1.165, 1.54) is 0 Å². The van der Waals surface area contributed by atoms with E-state index in [1.807, 2.05) is 0 Å². The van der Waals surface area contributed by atoms with E-state index in [-0.39, 0.29) is 0 Å². The Labute approximate surface area is 111 Å². The van der Waals surface area contributed by atoms with Gasteiger partial charge in [0.05, 0.1) is 0 Å². The lowest BCUT2D eigenvalue weighted by atomic mass is 10.6. The molecular weight excluding hydrogens is 353 g/mol. The molecule has 0 N–H and O–H groups in total. The van der Waals surface area contributed by atoms with Gasteiger partial charge in [-0.05, 0) is 0 Å². The fraction of sp³-hybridized carbons (Fsp3) is 1.00. The summed E-state index contributed by atoms with van der Waals surface area (Å²) in [5, 5.41) is 0. The molecule has 0 aromatic carbocycles. The van der Waals surface area contributed by atoms with Gasteiger partial charge in [0.25, 0.3) is 7.59 Å². The minimum atomic E-state index is -4.83. The van der Waals surface area contributed by atoms with Gasteiger partial charge in [-0.2, -0.15) is 17.6 Å². The lowest BCUT2D eigenvalue weighted by Crippen LogP contribution is -2.48. The van der Waals surface area contributed by atoms with E-state index in [4.69, 9.17) is 0 Å². The first-order valence-corrected chi connectivity index (χ1v) is 5.07. The van der Waals surface area contributed by atoms with Crippen molar-refractivity contribution in [3.8, 4) is 0 Å². The summed E-state index contributed by atoms with van der Waals surface area (Å²) < 4.78 is 46.8. The molecule has 0 aromatic rings. The van der Waals surface area contributed by atoms with Gasteiger partial charge in [-0.15, -0.1) is 0 Å². The normalized spacial score (nSPS) is 15.6. The standard InChI is InChI=1S/C4Cl6F4O/c5-1(6,7)3(11,12)15-4(13,14)2(8,9)10. The van der Waals surface area contributed by atoms with Crippen molar-refractivity contribution in [2.45, 2.75) is 19.8 Å². The molecule has 0 spiro atoms. The minimum absolute atomic E-state index is 2.90. The van der Waals surface area contributed by atoms with Gasteiger partial charge in [-0.1, -0.05) is 69.6 Å². The van der Waals surface area contributed by atoms with Crippen molar-refractivity contribution in [3.63, 3.8) is 0 Å². The largest absolute Gasteiger partial charge is 0.407 e. The van der Waals surface area contributed by atoms with Crippen LogP contribution in [-0.4, -0.2) is 19.8 Å². The van der Waals surface area contributed by atoms with Crippen molar-refractivity contribution < 1.29 is 22.3 Å². The molecule has 0 aliphatic heterocycles. The number of alkyl halides is 10. The third-order valence-corrected chi connectivity index (χ3v) is 2.24. The first kappa shape index (κ1) is 16.4. The van der Waals surface area contributed by atoms with Crippen LogP contribution in [0.4, 0.5) is 17.6 Å². The maximum absolute atomic E-state index is 12.7. The molecule has 0 aromatic heterocycles. The highest BCUT2D eigenvalue weighted by atomic mass is 35.6. The fourth-order valence-corrected chi connectivity index (χ4v) is 0.508. The van der Waals surface area contributed by atoms with Crippen molar-refractivity contribution in [3.05, 3.63) is 0 Å². The highest BCUT2D eigenvalue weighted by Crippen LogP contribution is 2.51. The van der Waals surface area contributed by atoms with E-state index >= 15 is 0 Å². The van der Waals surface area contributed by atoms with Crippen LogP contribution >= 0.6 is 69.6 Å². The molecule has 15 heavy (non-hydrogen) atoms. The summed E-state index contributed by atoms with van der Waals surface area (Å²) in [6.07, 6.45) is -9.66. The molecule has 0 rings (SSSR count). The molecule has 1 nitrogen and oxygen atoms in total. The smallest absolute Gasteiger partial charge is 0.248 e. The average molecular weight is 353 g/mol. The summed E-state index contributed by atoms with van der Waals surface area (Å²) in [5.41, 5.74) is 0. The Morgan fingerprint density at radius 1 is 0.600 bits per heavy atom. The molecule has 92 valence electrons. The van der Waals surface area contributed by atoms with Gasteiger partial charge in [-0.25, -0.2) is 4.74 Å². The summed E-state index contributed by atoms with van der Waals surface area (Å²) in [4.78, 5) is 0. The Hall–Kier alpha value is 1.42. The zero-order chi connectivity index (χ0) is 12.7. The Kier molecular flexibility index (Phi) is 5.03. The van der Waals surface area contributed by atoms with Crippen LogP contribution in [0.5, 0.6) is 0 Å². The number of hydrogen-bond acceptors (Lipinski definition) is 1. The molecule has 0 heterocycles. The quantitative estimate of drug-likeness (QED) is 0.506. The maximum Gasteiger partial charge on any atom is 0.407 e. The van der Waals surface area contributed by atoms with Crippen LogP contribution in [0.25, 0.3) is 0 Å². The predicted molar refractivity (Wildman–Crippen MR) is 51.6 cm³/mol. The molecule has 0 saturated heterocycles. The van der Waals surface area contributed by atoms with Crippen LogP contribution in [0.3, 0.4) is 0 Å². The maximum atomic E-state index is 12.7. The first-order valence-electron chi connectivity index (χ1n) is 2.80. The second-order valence-corrected chi connectivity index (χ2v) is 6.69. The van der Waals surface area contributed by atoms with Crippen molar-refractivity contribution in [1.29, 1.82) is 0 Å². The van der Waals surface area contributed by atoms with E-state index in [9.17, 15) is 17.6 Å². The molecule has 0 radical (unpaired) electrons. The number of hydrogen-bond donors (Lipinski definition) is 0. The monoisotopic (exact) mass is 350 g/mol. The molecular formula is C4Cl6F4O. The molecule has 0 aliphatic rings. The molecule has 0 fully saturated rings. The van der Waals surface area contributed by atoms with Gasteiger partial charge in [0.1, 0.15) is 0 Å². The Balaban J connectivity index is 4.89. The van der Waals surface area contributed by atoms with Crippen LogP contribution < -0.4 is 0 Å². The average Bonchev–Trinajstić information content (AvgIpc) is 1.77. The molecule has 0 unspecified atom stereocenters. The van der Waals surface area contributed by atoms with E-state index in [1.54, 1.807) is 0 Å². The highest BCUT2D eigenvalue weighted by molar-refractivity contribution is 6.68. The van der Waals surface area contributed by atoms with Crippen LogP contribution in [0.15, 0.2) is 0 Å². The number of ether oxygens (including phenoxy) is 1. The summed E-state index contributed by atoms with van der Waals surface area (Å²) in [5.74, 6) is 0.